The van der Waals surface area contributed by atoms with E-state index in [0.717, 1.165) is 6.20 Å². The lowest BCUT2D eigenvalue weighted by Gasteiger charge is -2.08. The average Bonchev–Trinajstić information content (AvgIpc) is 3.35. The van der Waals surface area contributed by atoms with Crippen LogP contribution < -0.4 is 15.5 Å². The second-order valence-corrected chi connectivity index (χ2v) is 6.36. The molecule has 1 aliphatic rings. The van der Waals surface area contributed by atoms with E-state index in [2.05, 4.69) is 25.9 Å². The Kier molecular flexibility index (Phi) is 5.55. The summed E-state index contributed by atoms with van der Waals surface area (Å²) < 4.78 is 34.9. The Balaban J connectivity index is 1.57. The summed E-state index contributed by atoms with van der Waals surface area (Å²) in [4.78, 5) is 13.2. The number of hydrogen-bond acceptors (Lipinski definition) is 8. The molecule has 9 nitrogen and oxygen atoms in total. The molecule has 156 valence electrons. The first-order chi connectivity index (χ1) is 14.5. The molecule has 0 saturated carbocycles. The van der Waals surface area contributed by atoms with Gasteiger partial charge in [0.1, 0.15) is 17.3 Å². The van der Waals surface area contributed by atoms with Crippen LogP contribution in [0.5, 0.6) is 5.88 Å². The van der Waals surface area contributed by atoms with E-state index in [4.69, 9.17) is 9.57 Å². The van der Waals surface area contributed by atoms with Gasteiger partial charge in [-0.15, -0.1) is 5.48 Å². The van der Waals surface area contributed by atoms with Crippen molar-refractivity contribution < 1.29 is 23.5 Å². The smallest absolute Gasteiger partial charge is 0.212 e. The van der Waals surface area contributed by atoms with Gasteiger partial charge >= 0.3 is 0 Å². The van der Waals surface area contributed by atoms with Gasteiger partial charge in [0, 0.05) is 17.7 Å². The highest BCUT2D eigenvalue weighted by Gasteiger charge is 2.18. The average molecular weight is 416 g/mol. The molecule has 3 heterocycles. The minimum Gasteiger partial charge on any atom is -0.481 e. The van der Waals surface area contributed by atoms with Crippen molar-refractivity contribution in [2.75, 3.05) is 19.0 Å². The van der Waals surface area contributed by atoms with Crippen LogP contribution >= 0.6 is 0 Å². The number of aliphatic hydroxyl groups excluding tert-OH is 1. The summed E-state index contributed by atoms with van der Waals surface area (Å²) in [6.45, 7) is 0.242. The van der Waals surface area contributed by atoms with Gasteiger partial charge in [0.2, 0.25) is 5.88 Å². The molecule has 0 bridgehead atoms. The molecule has 0 spiro atoms. The number of aliphatic hydroxyl groups is 1. The van der Waals surface area contributed by atoms with Gasteiger partial charge in [-0.3, -0.25) is 0 Å². The lowest BCUT2D eigenvalue weighted by atomic mass is 10.2. The van der Waals surface area contributed by atoms with Crippen LogP contribution in [0.25, 0.3) is 11.5 Å². The molecule has 11 heteroatoms. The first kappa shape index (κ1) is 19.7. The van der Waals surface area contributed by atoms with Crippen LogP contribution in [0, 0.1) is 11.6 Å². The number of hydrogen-bond donors (Lipinski definition) is 3. The zero-order chi connectivity index (χ0) is 21.1. The Hall–Kier alpha value is -3.57. The second-order valence-electron chi connectivity index (χ2n) is 6.36. The largest absolute Gasteiger partial charge is 0.481 e. The van der Waals surface area contributed by atoms with E-state index in [9.17, 15) is 13.9 Å². The number of nitrogens with zero attached hydrogens (tertiary/aromatic N) is 4. The maximum Gasteiger partial charge on any atom is 0.212 e. The Morgan fingerprint density at radius 3 is 2.87 bits per heavy atom. The van der Waals surface area contributed by atoms with Gasteiger partial charge in [-0.05, 0) is 6.07 Å². The fourth-order valence-corrected chi connectivity index (χ4v) is 2.84. The van der Waals surface area contributed by atoms with Gasteiger partial charge < -0.3 is 20.0 Å². The normalized spacial score (nSPS) is 15.6. The van der Waals surface area contributed by atoms with Crippen molar-refractivity contribution in [3.05, 3.63) is 65.6 Å². The summed E-state index contributed by atoms with van der Waals surface area (Å²) in [5.74, 6) is -0.164. The van der Waals surface area contributed by atoms with Crippen LogP contribution in [0.4, 0.5) is 14.6 Å². The molecule has 0 saturated heterocycles. The highest BCUT2D eigenvalue weighted by atomic mass is 19.1. The zero-order valence-electron chi connectivity index (χ0n) is 15.8. The Bertz CT molecular complexity index is 1090. The highest BCUT2D eigenvalue weighted by Crippen LogP contribution is 2.24. The number of halogens is 2. The van der Waals surface area contributed by atoms with Gasteiger partial charge in [0.25, 0.3) is 0 Å². The molecule has 1 unspecified atom stereocenters. The third-order valence-electron chi connectivity index (χ3n) is 4.29. The van der Waals surface area contributed by atoms with E-state index < -0.39 is 12.0 Å². The van der Waals surface area contributed by atoms with Crippen LogP contribution in [0.15, 0.2) is 48.4 Å². The summed E-state index contributed by atoms with van der Waals surface area (Å²) in [7, 11) is 1.47. The van der Waals surface area contributed by atoms with E-state index in [0.29, 0.717) is 22.9 Å². The Morgan fingerprint density at radius 2 is 2.13 bits per heavy atom. The molecule has 3 aromatic rings. The van der Waals surface area contributed by atoms with Crippen molar-refractivity contribution >= 4 is 5.82 Å². The van der Waals surface area contributed by atoms with Crippen LogP contribution in [0.2, 0.25) is 0 Å². The molecule has 2 aromatic heterocycles. The van der Waals surface area contributed by atoms with Crippen molar-refractivity contribution in [2.45, 2.75) is 12.8 Å². The molecule has 30 heavy (non-hydrogen) atoms. The molecule has 0 aliphatic carbocycles. The maximum atomic E-state index is 14.1. The van der Waals surface area contributed by atoms with Gasteiger partial charge in [0.15, 0.2) is 23.7 Å². The van der Waals surface area contributed by atoms with Gasteiger partial charge in [-0.2, -0.15) is 5.10 Å². The van der Waals surface area contributed by atoms with E-state index in [1.165, 1.54) is 23.9 Å². The van der Waals surface area contributed by atoms with Crippen LogP contribution in [-0.4, -0.2) is 44.7 Å². The standard InChI is InChI=1S/C19H18F2N6O3/c1-29-17-7-15(25-27(17)10-11-4-2-3-5-13(11)20)19-23-9-14(21)18(24-19)22-8-12-6-16(28)26-30-12/h2-7,9,16,26,28H,8,10H2,1H3,(H,22,23,24). The summed E-state index contributed by atoms with van der Waals surface area (Å²) in [6.07, 6.45) is 1.53. The SMILES string of the molecule is COc1cc(-c2ncc(F)c(NCC3=CC(O)NO3)n2)nn1Cc1ccccc1F. The lowest BCUT2D eigenvalue weighted by molar-refractivity contribution is 0.0349. The number of anilines is 1. The molecule has 0 amide bonds. The van der Waals surface area contributed by atoms with Crippen LogP contribution in [0.3, 0.4) is 0 Å². The number of nitrogens with one attached hydrogen (secondary N) is 2. The molecule has 1 aliphatic heterocycles. The van der Waals surface area contributed by atoms with E-state index in [1.807, 2.05) is 0 Å². The van der Waals surface area contributed by atoms with Crippen molar-refractivity contribution in [2.24, 2.45) is 0 Å². The quantitative estimate of drug-likeness (QED) is 0.536. The first-order valence-corrected chi connectivity index (χ1v) is 8.96. The van der Waals surface area contributed by atoms with E-state index in [1.54, 1.807) is 24.3 Å². The number of rotatable bonds is 7. The molecule has 0 radical (unpaired) electrons. The van der Waals surface area contributed by atoms with Crippen molar-refractivity contribution in [1.82, 2.24) is 25.2 Å². The summed E-state index contributed by atoms with van der Waals surface area (Å²) in [6, 6.07) is 7.94. The Labute approximate surface area is 169 Å². The van der Waals surface area contributed by atoms with Gasteiger partial charge in [0.05, 0.1) is 26.4 Å². The number of methoxy groups -OCH3 is 1. The first-order valence-electron chi connectivity index (χ1n) is 8.96. The van der Waals surface area contributed by atoms with Gasteiger partial charge in [-0.25, -0.2) is 23.4 Å². The fraction of sp³-hybridized carbons (Fsp3) is 0.211. The fourth-order valence-electron chi connectivity index (χ4n) is 2.84. The minimum atomic E-state index is -0.918. The predicted molar refractivity (Wildman–Crippen MR) is 102 cm³/mol. The van der Waals surface area contributed by atoms with E-state index >= 15 is 0 Å². The Morgan fingerprint density at radius 1 is 1.30 bits per heavy atom. The molecule has 1 aromatic carbocycles. The molecule has 0 fully saturated rings. The number of hydroxylamine groups is 1. The molecular formula is C19H18F2N6O3. The predicted octanol–water partition coefficient (Wildman–Crippen LogP) is 1.82. The number of ether oxygens (including phenoxy) is 1. The zero-order valence-corrected chi connectivity index (χ0v) is 15.8. The minimum absolute atomic E-state index is 0.0616. The lowest BCUT2D eigenvalue weighted by Crippen LogP contribution is -2.19. The van der Waals surface area contributed by atoms with Crippen molar-refractivity contribution in [3.8, 4) is 17.4 Å². The third kappa shape index (κ3) is 4.21. The monoisotopic (exact) mass is 416 g/mol. The maximum absolute atomic E-state index is 14.1. The number of benzene rings is 1. The molecular weight excluding hydrogens is 398 g/mol. The van der Waals surface area contributed by atoms with Crippen LogP contribution in [-0.2, 0) is 11.4 Å². The second kappa shape index (κ2) is 8.43. The van der Waals surface area contributed by atoms with Crippen molar-refractivity contribution in [3.63, 3.8) is 0 Å². The summed E-state index contributed by atoms with van der Waals surface area (Å²) in [5.41, 5.74) is 3.11. The van der Waals surface area contributed by atoms with Crippen molar-refractivity contribution in [1.29, 1.82) is 0 Å². The van der Waals surface area contributed by atoms with Gasteiger partial charge in [-0.1, -0.05) is 18.2 Å². The summed E-state index contributed by atoms with van der Waals surface area (Å²) in [5, 5.41) is 16.5. The third-order valence-corrected chi connectivity index (χ3v) is 4.29. The highest BCUT2D eigenvalue weighted by molar-refractivity contribution is 5.54. The molecule has 1 atom stereocenters. The summed E-state index contributed by atoms with van der Waals surface area (Å²) >= 11 is 0. The molecule has 4 rings (SSSR count). The molecule has 3 N–H and O–H groups in total. The van der Waals surface area contributed by atoms with Crippen LogP contribution in [0.1, 0.15) is 5.56 Å². The topological polar surface area (TPSA) is 106 Å². The van der Waals surface area contributed by atoms with E-state index in [-0.39, 0.29) is 30.5 Å². The number of aromatic nitrogens is 4.